The average Bonchev–Trinajstić information content (AvgIpc) is 3.48. The molecule has 0 atom stereocenters. The SMILES string of the molecule is CC(=O)NCCc1cnc2ccc(Nc3ncnc4[nH]c(C5=CCN(C(=O)OC(C)(C)C)CC5)cc34)cn12. The second-order valence-electron chi connectivity index (χ2n) is 10.3. The fraction of sp³-hybridized carbons (Fsp3) is 0.370. The minimum absolute atomic E-state index is 0.0517. The minimum atomic E-state index is -0.517. The molecule has 0 saturated carbocycles. The Kier molecular flexibility index (Phi) is 6.75. The van der Waals surface area contributed by atoms with Crippen LogP contribution in [0, 0.1) is 0 Å². The Bertz CT molecular complexity index is 1530. The summed E-state index contributed by atoms with van der Waals surface area (Å²) in [6.07, 6.45) is 8.46. The fourth-order valence-electron chi connectivity index (χ4n) is 4.41. The molecule has 3 N–H and O–H groups in total. The third-order valence-corrected chi connectivity index (χ3v) is 6.23. The van der Waals surface area contributed by atoms with E-state index >= 15 is 0 Å². The number of nitrogens with zero attached hydrogens (tertiary/aromatic N) is 5. The van der Waals surface area contributed by atoms with Gasteiger partial charge in [-0.2, -0.15) is 0 Å². The van der Waals surface area contributed by atoms with Gasteiger partial charge in [0.2, 0.25) is 5.91 Å². The topological polar surface area (TPSA) is 130 Å². The first-order chi connectivity index (χ1) is 18.2. The van der Waals surface area contributed by atoms with E-state index in [1.54, 1.807) is 4.90 Å². The molecule has 38 heavy (non-hydrogen) atoms. The third-order valence-electron chi connectivity index (χ3n) is 6.23. The first kappa shape index (κ1) is 25.2. The van der Waals surface area contributed by atoms with Crippen LogP contribution in [0.1, 0.15) is 45.5 Å². The van der Waals surface area contributed by atoms with Gasteiger partial charge in [0.1, 0.15) is 29.0 Å². The van der Waals surface area contributed by atoms with Gasteiger partial charge in [-0.15, -0.1) is 0 Å². The monoisotopic (exact) mass is 516 g/mol. The number of carbonyl (C=O) groups is 2. The van der Waals surface area contributed by atoms with Crippen LogP contribution in [0.2, 0.25) is 0 Å². The molecule has 0 radical (unpaired) electrons. The highest BCUT2D eigenvalue weighted by Crippen LogP contribution is 2.29. The summed E-state index contributed by atoms with van der Waals surface area (Å²) in [7, 11) is 0. The Balaban J connectivity index is 1.34. The molecule has 0 saturated heterocycles. The zero-order valence-electron chi connectivity index (χ0n) is 22.0. The van der Waals surface area contributed by atoms with Crippen LogP contribution in [0.3, 0.4) is 0 Å². The van der Waals surface area contributed by atoms with E-state index in [9.17, 15) is 9.59 Å². The Morgan fingerprint density at radius 1 is 1.18 bits per heavy atom. The number of rotatable bonds is 6. The zero-order chi connectivity index (χ0) is 26.9. The number of amides is 2. The molecule has 0 aliphatic carbocycles. The summed E-state index contributed by atoms with van der Waals surface area (Å²) < 4.78 is 7.51. The smallest absolute Gasteiger partial charge is 0.410 e. The van der Waals surface area contributed by atoms with Crippen molar-refractivity contribution in [2.75, 3.05) is 25.0 Å². The number of carbonyl (C=O) groups excluding carboxylic acids is 2. The van der Waals surface area contributed by atoms with Gasteiger partial charge in [0.15, 0.2) is 0 Å². The largest absolute Gasteiger partial charge is 0.444 e. The second kappa shape index (κ2) is 10.2. The molecule has 0 spiro atoms. The molecule has 198 valence electrons. The van der Waals surface area contributed by atoms with Crippen LogP contribution in [-0.2, 0) is 16.0 Å². The first-order valence-electron chi connectivity index (χ1n) is 12.6. The molecule has 2 amide bonds. The van der Waals surface area contributed by atoms with Crippen LogP contribution >= 0.6 is 0 Å². The van der Waals surface area contributed by atoms with Crippen molar-refractivity contribution in [3.8, 4) is 0 Å². The predicted molar refractivity (Wildman–Crippen MR) is 145 cm³/mol. The highest BCUT2D eigenvalue weighted by molar-refractivity contribution is 5.92. The number of anilines is 2. The molecule has 0 unspecified atom stereocenters. The van der Waals surface area contributed by atoms with Crippen molar-refractivity contribution in [3.63, 3.8) is 0 Å². The van der Waals surface area contributed by atoms with Crippen LogP contribution in [0.4, 0.5) is 16.3 Å². The summed E-state index contributed by atoms with van der Waals surface area (Å²) in [6.45, 7) is 8.74. The van der Waals surface area contributed by atoms with E-state index in [0.29, 0.717) is 38.3 Å². The molecule has 11 heteroatoms. The van der Waals surface area contributed by atoms with Gasteiger partial charge in [-0.25, -0.2) is 19.7 Å². The summed E-state index contributed by atoms with van der Waals surface area (Å²) in [5.41, 5.74) is 4.97. The average molecular weight is 517 g/mol. The van der Waals surface area contributed by atoms with Crippen molar-refractivity contribution in [1.29, 1.82) is 0 Å². The van der Waals surface area contributed by atoms with Gasteiger partial charge in [0.25, 0.3) is 0 Å². The number of H-pyrrole nitrogens is 1. The van der Waals surface area contributed by atoms with E-state index in [1.165, 1.54) is 13.3 Å². The highest BCUT2D eigenvalue weighted by Gasteiger charge is 2.24. The van der Waals surface area contributed by atoms with E-state index < -0.39 is 5.60 Å². The lowest BCUT2D eigenvalue weighted by Crippen LogP contribution is -2.39. The van der Waals surface area contributed by atoms with E-state index in [-0.39, 0.29) is 12.0 Å². The van der Waals surface area contributed by atoms with Gasteiger partial charge >= 0.3 is 6.09 Å². The Hall–Kier alpha value is -4.41. The molecule has 5 rings (SSSR count). The van der Waals surface area contributed by atoms with Crippen molar-refractivity contribution < 1.29 is 14.3 Å². The molecule has 1 aliphatic rings. The molecular weight excluding hydrogens is 484 g/mol. The van der Waals surface area contributed by atoms with Gasteiger partial charge in [0.05, 0.1) is 11.1 Å². The number of ether oxygens (including phenoxy) is 1. The summed E-state index contributed by atoms with van der Waals surface area (Å²) in [5, 5.41) is 7.10. The first-order valence-corrected chi connectivity index (χ1v) is 12.6. The maximum atomic E-state index is 12.4. The Labute approximate surface area is 220 Å². The van der Waals surface area contributed by atoms with Crippen molar-refractivity contribution in [2.24, 2.45) is 0 Å². The molecule has 5 heterocycles. The van der Waals surface area contributed by atoms with Crippen LogP contribution in [0.5, 0.6) is 0 Å². The zero-order valence-corrected chi connectivity index (χ0v) is 22.0. The molecule has 0 bridgehead atoms. The molecule has 0 fully saturated rings. The number of hydrogen-bond donors (Lipinski definition) is 3. The van der Waals surface area contributed by atoms with E-state index in [1.807, 2.05) is 61.8 Å². The lowest BCUT2D eigenvalue weighted by Gasteiger charge is -2.29. The number of hydrogen-bond acceptors (Lipinski definition) is 7. The van der Waals surface area contributed by atoms with Crippen LogP contribution in [0.25, 0.3) is 22.3 Å². The van der Waals surface area contributed by atoms with Gasteiger partial charge in [-0.05, 0) is 51.0 Å². The quantitative estimate of drug-likeness (QED) is 0.352. The third kappa shape index (κ3) is 5.61. The van der Waals surface area contributed by atoms with Crippen molar-refractivity contribution in [2.45, 2.75) is 46.1 Å². The van der Waals surface area contributed by atoms with Crippen LogP contribution in [0.15, 0.2) is 43.0 Å². The Morgan fingerprint density at radius 2 is 2.03 bits per heavy atom. The van der Waals surface area contributed by atoms with E-state index in [0.717, 1.165) is 39.3 Å². The number of aromatic nitrogens is 5. The molecule has 4 aromatic rings. The van der Waals surface area contributed by atoms with Gasteiger partial charge in [0, 0.05) is 56.8 Å². The molecule has 4 aromatic heterocycles. The normalized spacial score (nSPS) is 14.0. The van der Waals surface area contributed by atoms with Crippen molar-refractivity contribution in [1.82, 2.24) is 34.6 Å². The summed E-state index contributed by atoms with van der Waals surface area (Å²) >= 11 is 0. The van der Waals surface area contributed by atoms with Gasteiger partial charge in [-0.3, -0.25) is 4.79 Å². The summed E-state index contributed by atoms with van der Waals surface area (Å²) in [4.78, 5) is 42.1. The number of pyridine rings is 1. The molecular formula is C27H32N8O3. The molecule has 0 aromatic carbocycles. The number of nitrogens with one attached hydrogen (secondary N) is 3. The van der Waals surface area contributed by atoms with E-state index in [4.69, 9.17) is 4.74 Å². The maximum Gasteiger partial charge on any atom is 0.410 e. The van der Waals surface area contributed by atoms with E-state index in [2.05, 4.69) is 30.6 Å². The highest BCUT2D eigenvalue weighted by atomic mass is 16.6. The number of aromatic amines is 1. The van der Waals surface area contributed by atoms with Crippen LogP contribution < -0.4 is 10.6 Å². The fourth-order valence-corrected chi connectivity index (χ4v) is 4.41. The molecule has 11 nitrogen and oxygen atoms in total. The maximum absolute atomic E-state index is 12.4. The second-order valence-corrected chi connectivity index (χ2v) is 10.3. The predicted octanol–water partition coefficient (Wildman–Crippen LogP) is 4.05. The standard InChI is InChI=1S/C27H32N8O3/c1-17(36)28-10-7-20-14-29-23-6-5-19(15-35(20)23)32-24-21-13-22(33-25(21)31-16-30-24)18-8-11-34(12-9-18)26(37)38-27(2,3)4/h5-6,8,13-16H,7,9-12H2,1-4H3,(H,28,36)(H2,30,31,32,33). The number of imidazole rings is 1. The van der Waals surface area contributed by atoms with Crippen molar-refractivity contribution >= 4 is 45.8 Å². The van der Waals surface area contributed by atoms with Gasteiger partial charge in [-0.1, -0.05) is 6.08 Å². The number of fused-ring (bicyclic) bond motifs is 2. The minimum Gasteiger partial charge on any atom is -0.444 e. The lowest BCUT2D eigenvalue weighted by molar-refractivity contribution is -0.118. The van der Waals surface area contributed by atoms with Gasteiger partial charge < -0.3 is 29.7 Å². The van der Waals surface area contributed by atoms with Crippen LogP contribution in [-0.4, -0.2) is 66.5 Å². The Morgan fingerprint density at radius 3 is 2.76 bits per heavy atom. The summed E-state index contributed by atoms with van der Waals surface area (Å²) in [5.74, 6) is 0.632. The summed E-state index contributed by atoms with van der Waals surface area (Å²) in [6, 6.07) is 5.94. The lowest BCUT2D eigenvalue weighted by atomic mass is 10.1. The van der Waals surface area contributed by atoms with Crippen molar-refractivity contribution in [3.05, 3.63) is 54.4 Å². The molecule has 1 aliphatic heterocycles.